The molecule has 1 N–H and O–H groups in total. The normalized spacial score (nSPS) is 21.2. The van der Waals surface area contributed by atoms with Crippen molar-refractivity contribution in [3.8, 4) is 17.0 Å². The molecular formula is C22H26F3N3O5. The molecular weight excluding hydrogens is 443 g/mol. The quantitative estimate of drug-likeness (QED) is 0.640. The van der Waals surface area contributed by atoms with E-state index in [4.69, 9.17) is 18.9 Å². The number of ether oxygens (including phenoxy) is 4. The zero-order chi connectivity index (χ0) is 23.3. The van der Waals surface area contributed by atoms with Crippen molar-refractivity contribution < 1.29 is 36.9 Å². The van der Waals surface area contributed by atoms with Crippen LogP contribution in [0, 0.1) is 0 Å². The van der Waals surface area contributed by atoms with Crippen LogP contribution in [0.4, 0.5) is 13.2 Å². The van der Waals surface area contributed by atoms with E-state index in [1.165, 1.54) is 12.1 Å². The van der Waals surface area contributed by atoms with Crippen LogP contribution in [-0.4, -0.2) is 73.7 Å². The summed E-state index contributed by atoms with van der Waals surface area (Å²) in [5, 5.41) is 7.21. The van der Waals surface area contributed by atoms with Gasteiger partial charge in [0.25, 0.3) is 5.91 Å². The Bertz CT molecular complexity index is 938. The summed E-state index contributed by atoms with van der Waals surface area (Å²) in [6.07, 6.45) is -1.20. The molecule has 8 nitrogen and oxygen atoms in total. The third-order valence-electron chi connectivity index (χ3n) is 5.34. The maximum absolute atomic E-state index is 12.8. The first-order chi connectivity index (χ1) is 15.9. The second-order valence-corrected chi connectivity index (χ2v) is 7.95. The number of carbonyl (C=O) groups is 1. The van der Waals surface area contributed by atoms with Gasteiger partial charge in [0.05, 0.1) is 38.2 Å². The highest BCUT2D eigenvalue weighted by molar-refractivity contribution is 5.95. The van der Waals surface area contributed by atoms with Gasteiger partial charge in [0.1, 0.15) is 11.9 Å². The molecule has 4 rings (SSSR count). The first kappa shape index (κ1) is 23.5. The lowest BCUT2D eigenvalue weighted by Crippen LogP contribution is -2.32. The third-order valence-corrected chi connectivity index (χ3v) is 5.34. The fourth-order valence-corrected chi connectivity index (χ4v) is 3.73. The predicted molar refractivity (Wildman–Crippen MR) is 111 cm³/mol. The number of hydrogen-bond acceptors (Lipinski definition) is 6. The number of halogens is 3. The summed E-state index contributed by atoms with van der Waals surface area (Å²) in [5.74, 6) is -0.478. The van der Waals surface area contributed by atoms with Crippen molar-refractivity contribution in [2.75, 3.05) is 39.6 Å². The molecule has 2 fully saturated rings. The number of amides is 1. The molecule has 0 radical (unpaired) electrons. The van der Waals surface area contributed by atoms with E-state index in [0.717, 1.165) is 12.8 Å². The zero-order valence-electron chi connectivity index (χ0n) is 18.0. The van der Waals surface area contributed by atoms with Crippen molar-refractivity contribution in [1.82, 2.24) is 15.1 Å². The molecule has 1 aromatic heterocycles. The SMILES string of the molecule is O=C(NC[C@@H]1CCCO1)c1ccc(-c2ccn(C[C@H]3COCCO3)n2)c(OCC(F)(F)F)c1. The van der Waals surface area contributed by atoms with Gasteiger partial charge in [-0.2, -0.15) is 18.3 Å². The molecule has 2 aromatic rings. The van der Waals surface area contributed by atoms with Crippen LogP contribution >= 0.6 is 0 Å². The number of alkyl halides is 3. The summed E-state index contributed by atoms with van der Waals surface area (Å²) in [6, 6.07) is 6.07. The minimum atomic E-state index is -4.52. The minimum Gasteiger partial charge on any atom is -0.483 e. The lowest BCUT2D eigenvalue weighted by atomic mass is 10.1. The summed E-state index contributed by atoms with van der Waals surface area (Å²) in [5.41, 5.74) is 0.978. The summed E-state index contributed by atoms with van der Waals surface area (Å²) >= 11 is 0. The Hall–Kier alpha value is -2.63. The Labute approximate surface area is 188 Å². The van der Waals surface area contributed by atoms with Crippen LogP contribution in [-0.2, 0) is 20.8 Å². The number of hydrogen-bond donors (Lipinski definition) is 1. The number of carbonyl (C=O) groups excluding carboxylic acids is 1. The van der Waals surface area contributed by atoms with Gasteiger partial charge in [-0.25, -0.2) is 0 Å². The Morgan fingerprint density at radius 2 is 2.03 bits per heavy atom. The third kappa shape index (κ3) is 6.68. The molecule has 0 bridgehead atoms. The summed E-state index contributed by atoms with van der Waals surface area (Å²) in [7, 11) is 0. The van der Waals surface area contributed by atoms with Gasteiger partial charge in [-0.15, -0.1) is 0 Å². The van der Waals surface area contributed by atoms with Crippen molar-refractivity contribution in [2.24, 2.45) is 0 Å². The molecule has 33 heavy (non-hydrogen) atoms. The highest BCUT2D eigenvalue weighted by atomic mass is 19.4. The van der Waals surface area contributed by atoms with E-state index in [9.17, 15) is 18.0 Å². The van der Waals surface area contributed by atoms with Crippen LogP contribution in [0.25, 0.3) is 11.3 Å². The number of nitrogens with zero attached hydrogens (tertiary/aromatic N) is 2. The molecule has 1 aromatic carbocycles. The molecule has 2 saturated heterocycles. The van der Waals surface area contributed by atoms with E-state index >= 15 is 0 Å². The fraction of sp³-hybridized carbons (Fsp3) is 0.545. The second-order valence-electron chi connectivity index (χ2n) is 7.95. The van der Waals surface area contributed by atoms with E-state index in [1.54, 1.807) is 23.0 Å². The van der Waals surface area contributed by atoms with Crippen molar-refractivity contribution in [3.63, 3.8) is 0 Å². The van der Waals surface area contributed by atoms with E-state index in [-0.39, 0.29) is 23.5 Å². The van der Waals surface area contributed by atoms with Gasteiger partial charge in [-0.1, -0.05) is 0 Å². The Morgan fingerprint density at radius 1 is 1.18 bits per heavy atom. The van der Waals surface area contributed by atoms with Crippen LogP contribution in [0.3, 0.4) is 0 Å². The van der Waals surface area contributed by atoms with Crippen LogP contribution in [0.5, 0.6) is 5.75 Å². The average molecular weight is 469 g/mol. The van der Waals surface area contributed by atoms with Crippen molar-refractivity contribution in [3.05, 3.63) is 36.0 Å². The molecule has 1 amide bonds. The molecule has 11 heteroatoms. The Balaban J connectivity index is 1.50. The standard InChI is InChI=1S/C22H26F3N3O5/c23-22(24,25)14-33-20-10-15(21(29)26-11-16-2-1-7-31-16)3-4-18(20)19-5-6-28(27-19)12-17-13-30-8-9-32-17/h3-6,10,16-17H,1-2,7-9,11-14H2,(H,26,29)/t16-,17-/m0/s1. The summed E-state index contributed by atoms with van der Waals surface area (Å²) < 4.78 is 61.7. The highest BCUT2D eigenvalue weighted by Crippen LogP contribution is 2.31. The van der Waals surface area contributed by atoms with E-state index in [2.05, 4.69) is 10.4 Å². The molecule has 2 aliphatic rings. The first-order valence-electron chi connectivity index (χ1n) is 10.8. The molecule has 0 unspecified atom stereocenters. The van der Waals surface area contributed by atoms with Crippen molar-refractivity contribution in [1.29, 1.82) is 0 Å². The first-order valence-corrected chi connectivity index (χ1v) is 10.8. The van der Waals surface area contributed by atoms with Gasteiger partial charge >= 0.3 is 6.18 Å². The van der Waals surface area contributed by atoms with Gasteiger partial charge in [0.2, 0.25) is 0 Å². The maximum Gasteiger partial charge on any atom is 0.422 e. The number of aromatic nitrogens is 2. The summed E-state index contributed by atoms with van der Waals surface area (Å²) in [6.45, 7) is 1.48. The van der Waals surface area contributed by atoms with Gasteiger partial charge in [0, 0.05) is 30.5 Å². The van der Waals surface area contributed by atoms with Crippen molar-refractivity contribution >= 4 is 5.91 Å². The van der Waals surface area contributed by atoms with E-state index < -0.39 is 18.7 Å². The van der Waals surface area contributed by atoms with Crippen LogP contribution < -0.4 is 10.1 Å². The minimum absolute atomic E-state index is 0.0447. The molecule has 0 saturated carbocycles. The van der Waals surface area contributed by atoms with Crippen molar-refractivity contribution in [2.45, 2.75) is 37.8 Å². The smallest absolute Gasteiger partial charge is 0.422 e. The van der Waals surface area contributed by atoms with Crippen LogP contribution in [0.15, 0.2) is 30.5 Å². The molecule has 0 aliphatic carbocycles. The largest absolute Gasteiger partial charge is 0.483 e. The highest BCUT2D eigenvalue weighted by Gasteiger charge is 2.29. The molecule has 180 valence electrons. The van der Waals surface area contributed by atoms with Gasteiger partial charge in [0.15, 0.2) is 6.61 Å². The monoisotopic (exact) mass is 469 g/mol. The predicted octanol–water partition coefficient (Wildman–Crippen LogP) is 2.82. The lowest BCUT2D eigenvalue weighted by Gasteiger charge is -2.22. The Morgan fingerprint density at radius 3 is 2.76 bits per heavy atom. The molecule has 2 atom stereocenters. The lowest BCUT2D eigenvalue weighted by molar-refractivity contribution is -0.153. The van der Waals surface area contributed by atoms with Crippen LogP contribution in [0.2, 0.25) is 0 Å². The van der Waals surface area contributed by atoms with Crippen LogP contribution in [0.1, 0.15) is 23.2 Å². The number of rotatable bonds is 8. The van der Waals surface area contributed by atoms with E-state index in [1.807, 2.05) is 0 Å². The zero-order valence-corrected chi connectivity index (χ0v) is 18.0. The fourth-order valence-electron chi connectivity index (χ4n) is 3.73. The van der Waals surface area contributed by atoms with E-state index in [0.29, 0.717) is 50.8 Å². The number of benzene rings is 1. The van der Waals surface area contributed by atoms with Gasteiger partial charge < -0.3 is 24.3 Å². The second kappa shape index (κ2) is 10.5. The van der Waals surface area contributed by atoms with Gasteiger partial charge in [-0.05, 0) is 37.1 Å². The molecule has 0 spiro atoms. The molecule has 3 heterocycles. The maximum atomic E-state index is 12.8. The topological polar surface area (TPSA) is 83.8 Å². The Kier molecular flexibility index (Phi) is 7.51. The van der Waals surface area contributed by atoms with Gasteiger partial charge in [-0.3, -0.25) is 9.48 Å². The number of nitrogens with one attached hydrogen (secondary N) is 1. The summed E-state index contributed by atoms with van der Waals surface area (Å²) in [4.78, 5) is 12.5. The average Bonchev–Trinajstić information content (AvgIpc) is 3.48. The molecule has 2 aliphatic heterocycles.